The fraction of sp³-hybridized carbons (Fsp3) is 0.680. The molecule has 8 atom stereocenters. The zero-order chi connectivity index (χ0) is 46.4. The lowest BCUT2D eigenvalue weighted by Crippen LogP contribution is -2.55. The van der Waals surface area contributed by atoms with Gasteiger partial charge in [0.25, 0.3) is 0 Å². The first-order valence-electron chi connectivity index (χ1n) is 23.2. The second-order valence-electron chi connectivity index (χ2n) is 19.1. The minimum Gasteiger partial charge on any atom is -0.462 e. The third-order valence-electron chi connectivity index (χ3n) is 11.5. The zero-order valence-corrected chi connectivity index (χ0v) is 39.4. The highest BCUT2D eigenvalue weighted by atomic mass is 16.7. The summed E-state index contributed by atoms with van der Waals surface area (Å²) in [7, 11) is 0. The maximum atomic E-state index is 13.8. The summed E-state index contributed by atoms with van der Waals surface area (Å²) in [4.78, 5) is 56.6. The minimum absolute atomic E-state index is 0.206. The Bertz CT molecular complexity index is 1720. The molecular formula is C50H75N3O10. The molecule has 1 saturated heterocycles. The summed E-state index contributed by atoms with van der Waals surface area (Å²) >= 11 is 0. The summed E-state index contributed by atoms with van der Waals surface area (Å²) in [5.41, 5.74) is 8.94. The van der Waals surface area contributed by atoms with Crippen molar-refractivity contribution in [2.24, 2.45) is 27.8 Å². The van der Waals surface area contributed by atoms with E-state index in [0.717, 1.165) is 25.7 Å². The summed E-state index contributed by atoms with van der Waals surface area (Å²) in [5.74, 6) is -2.88. The lowest BCUT2D eigenvalue weighted by molar-refractivity contribution is -0.277. The van der Waals surface area contributed by atoms with Crippen molar-refractivity contribution in [2.75, 3.05) is 13.2 Å². The van der Waals surface area contributed by atoms with Gasteiger partial charge in [0.05, 0.1) is 28.6 Å². The number of ether oxygens (including phenoxy) is 6. The Kier molecular flexibility index (Phi) is 22.7. The second-order valence-corrected chi connectivity index (χ2v) is 19.1. The Hall–Kier alpha value is -4.45. The molecule has 0 amide bonds. The van der Waals surface area contributed by atoms with Crippen LogP contribution in [0.15, 0.2) is 65.8 Å². The number of unbranched alkanes of at least 4 members (excludes halogenated alkanes) is 11. The molecule has 3 rings (SSSR count). The Labute approximate surface area is 376 Å². The van der Waals surface area contributed by atoms with Crippen molar-refractivity contribution >= 4 is 23.9 Å². The Morgan fingerprint density at radius 2 is 1.19 bits per heavy atom. The molecule has 0 aliphatic carbocycles. The van der Waals surface area contributed by atoms with Crippen molar-refractivity contribution < 1.29 is 47.6 Å². The predicted octanol–water partition coefficient (Wildman–Crippen LogP) is 11.8. The summed E-state index contributed by atoms with van der Waals surface area (Å²) in [6.07, 6.45) is 9.11. The molecule has 0 spiro atoms. The molecular weight excluding hydrogens is 803 g/mol. The predicted molar refractivity (Wildman–Crippen MR) is 243 cm³/mol. The first-order chi connectivity index (χ1) is 30.0. The number of carbonyl (C=O) groups excluding carboxylic acids is 4. The van der Waals surface area contributed by atoms with Gasteiger partial charge in [-0.25, -0.2) is 9.59 Å². The molecule has 0 N–H and O–H groups in total. The molecule has 0 bridgehead atoms. The van der Waals surface area contributed by atoms with Gasteiger partial charge in [0, 0.05) is 16.7 Å². The van der Waals surface area contributed by atoms with Gasteiger partial charge in [-0.3, -0.25) is 9.59 Å². The Morgan fingerprint density at radius 3 is 1.68 bits per heavy atom. The van der Waals surface area contributed by atoms with Crippen molar-refractivity contribution in [3.05, 3.63) is 82.2 Å². The van der Waals surface area contributed by atoms with Crippen LogP contribution >= 0.6 is 0 Å². The number of rotatable bonds is 26. The van der Waals surface area contributed by atoms with Crippen LogP contribution in [-0.2, 0) is 38.0 Å². The van der Waals surface area contributed by atoms with Crippen molar-refractivity contribution in [1.29, 1.82) is 0 Å². The van der Waals surface area contributed by atoms with Gasteiger partial charge in [0.1, 0.15) is 37.1 Å². The maximum absolute atomic E-state index is 13.8. The molecule has 350 valence electrons. The normalized spacial score (nSPS) is 20.4. The van der Waals surface area contributed by atoms with Crippen molar-refractivity contribution in [1.82, 2.24) is 0 Å². The molecule has 0 saturated carbocycles. The highest BCUT2D eigenvalue weighted by molar-refractivity contribution is 5.90. The monoisotopic (exact) mass is 878 g/mol. The van der Waals surface area contributed by atoms with Gasteiger partial charge in [0.15, 0.2) is 6.29 Å². The van der Waals surface area contributed by atoms with E-state index >= 15 is 0 Å². The fourth-order valence-electron chi connectivity index (χ4n) is 7.32. The molecule has 5 unspecified atom stereocenters. The first-order valence-corrected chi connectivity index (χ1v) is 23.2. The van der Waals surface area contributed by atoms with Crippen molar-refractivity contribution in [3.8, 4) is 0 Å². The van der Waals surface area contributed by atoms with Gasteiger partial charge in [0.2, 0.25) is 0 Å². The average molecular weight is 878 g/mol. The first kappa shape index (κ1) is 52.9. The van der Waals surface area contributed by atoms with Crippen LogP contribution in [0.25, 0.3) is 10.4 Å². The van der Waals surface area contributed by atoms with Crippen LogP contribution in [0, 0.1) is 22.7 Å². The van der Waals surface area contributed by atoms with Crippen LogP contribution in [0.5, 0.6) is 0 Å². The van der Waals surface area contributed by atoms with Gasteiger partial charge < -0.3 is 28.4 Å². The lowest BCUT2D eigenvalue weighted by Gasteiger charge is -2.44. The SMILES string of the molecule is CCCCCCCCCCCCCC[C@@H](OC(=O)c1ccccc1)[C@@H](OC(=O)c1ccccc1)[C@H](COC1OC(COC(=O)C(C)(C)C)C(OC(=O)C(C)(C)C)C(C)C1C)N=[N+]=[N-]. The largest absolute Gasteiger partial charge is 0.462 e. The number of hydrogen-bond donors (Lipinski definition) is 0. The smallest absolute Gasteiger partial charge is 0.338 e. The fourth-order valence-corrected chi connectivity index (χ4v) is 7.32. The van der Waals surface area contributed by atoms with Crippen molar-refractivity contribution in [2.45, 2.75) is 183 Å². The van der Waals surface area contributed by atoms with E-state index in [9.17, 15) is 24.7 Å². The summed E-state index contributed by atoms with van der Waals surface area (Å²) < 4.78 is 37.0. The molecule has 0 radical (unpaired) electrons. The summed E-state index contributed by atoms with van der Waals surface area (Å²) in [5, 5.41) is 4.09. The number of carbonyl (C=O) groups is 4. The van der Waals surface area contributed by atoms with Gasteiger partial charge in [-0.05, 0) is 84.2 Å². The lowest BCUT2D eigenvalue weighted by atomic mass is 9.84. The van der Waals surface area contributed by atoms with Crippen molar-refractivity contribution in [3.63, 3.8) is 0 Å². The third-order valence-corrected chi connectivity index (χ3v) is 11.5. The molecule has 1 heterocycles. The molecule has 1 aliphatic rings. The van der Waals surface area contributed by atoms with Gasteiger partial charge in [-0.1, -0.05) is 133 Å². The highest BCUT2D eigenvalue weighted by Crippen LogP contribution is 2.36. The zero-order valence-electron chi connectivity index (χ0n) is 39.4. The molecule has 1 aliphatic heterocycles. The van der Waals surface area contributed by atoms with E-state index in [4.69, 9.17) is 28.4 Å². The molecule has 13 heteroatoms. The topological polar surface area (TPSA) is 172 Å². The Morgan fingerprint density at radius 1 is 0.698 bits per heavy atom. The van der Waals surface area contributed by atoms with Crippen LogP contribution in [-0.4, -0.2) is 73.8 Å². The average Bonchev–Trinajstić information content (AvgIpc) is 3.25. The molecule has 2 aromatic rings. The Balaban J connectivity index is 1.88. The van der Waals surface area contributed by atoms with Crippen LogP contribution in [0.3, 0.4) is 0 Å². The summed E-state index contributed by atoms with van der Waals surface area (Å²) in [6.45, 7) is 16.0. The van der Waals surface area contributed by atoms with E-state index in [1.165, 1.54) is 44.9 Å². The van der Waals surface area contributed by atoms with Gasteiger partial charge in [-0.15, -0.1) is 0 Å². The second kappa shape index (κ2) is 27.0. The van der Waals surface area contributed by atoms with Crippen LogP contribution in [0.4, 0.5) is 0 Å². The van der Waals surface area contributed by atoms with Crippen LogP contribution in [0.2, 0.25) is 0 Å². The molecule has 1 fully saturated rings. The molecule has 2 aromatic carbocycles. The maximum Gasteiger partial charge on any atom is 0.338 e. The number of hydrogen-bond acceptors (Lipinski definition) is 11. The minimum atomic E-state index is -1.26. The van der Waals surface area contributed by atoms with Gasteiger partial charge in [-0.2, -0.15) is 0 Å². The quantitative estimate of drug-likeness (QED) is 0.0221. The van der Waals surface area contributed by atoms with E-state index in [1.807, 2.05) is 13.8 Å². The van der Waals surface area contributed by atoms with E-state index in [2.05, 4.69) is 16.9 Å². The molecule has 0 aromatic heterocycles. The van der Waals surface area contributed by atoms with E-state index in [0.29, 0.717) is 18.4 Å². The standard InChI is InChI=1S/C50H75N3O10/c1-10-11-12-13-14-15-16-17-18-19-20-27-32-40(60-44(54)37-28-23-21-24-29-37)43(62-45(55)38-30-25-22-26-31-38)39(52-53-51)33-58-46-36(3)35(2)42(63-48(57)50(7,8)9)41(61-46)34-59-47(56)49(4,5)6/h21-26,28-31,35-36,39-43,46H,10-20,27,32-34H2,1-9H3/t35?,36?,39-,40+,41?,42?,43-,46?/m0/s1. The van der Waals surface area contributed by atoms with Crippen LogP contribution < -0.4 is 0 Å². The van der Waals surface area contributed by atoms with E-state index in [-0.39, 0.29) is 30.6 Å². The van der Waals surface area contributed by atoms with Crippen LogP contribution in [0.1, 0.15) is 167 Å². The highest BCUT2D eigenvalue weighted by Gasteiger charge is 2.47. The van der Waals surface area contributed by atoms with Gasteiger partial charge >= 0.3 is 23.9 Å². The molecule has 63 heavy (non-hydrogen) atoms. The van der Waals surface area contributed by atoms with E-state index < -0.39 is 71.5 Å². The molecule has 13 nitrogen and oxygen atoms in total. The van der Waals surface area contributed by atoms with E-state index in [1.54, 1.807) is 102 Å². The number of azide groups is 1. The number of benzene rings is 2. The number of esters is 4. The summed E-state index contributed by atoms with van der Waals surface area (Å²) in [6, 6.07) is 15.8. The number of nitrogens with zero attached hydrogens (tertiary/aromatic N) is 3. The third kappa shape index (κ3) is 18.3.